The van der Waals surface area contributed by atoms with E-state index in [1.54, 1.807) is 11.3 Å². The lowest BCUT2D eigenvalue weighted by Gasteiger charge is -2.32. The molecule has 1 amide bonds. The van der Waals surface area contributed by atoms with E-state index in [2.05, 4.69) is 46.4 Å². The summed E-state index contributed by atoms with van der Waals surface area (Å²) in [5.74, 6) is 0.576. The molecule has 6 nitrogen and oxygen atoms in total. The molecule has 174 valence electrons. The van der Waals surface area contributed by atoms with Gasteiger partial charge in [-0.05, 0) is 44.7 Å². The Morgan fingerprint density at radius 3 is 2.70 bits per heavy atom. The first-order valence-electron chi connectivity index (χ1n) is 11.5. The Balaban J connectivity index is 1.38. The van der Waals surface area contributed by atoms with Crippen LogP contribution in [-0.4, -0.2) is 60.0 Å². The number of aromatic nitrogens is 1. The number of likely N-dealkylation sites (N-methyl/N-ethyl adjacent to an activating group) is 1. The fourth-order valence-corrected chi connectivity index (χ4v) is 4.69. The number of benzene rings is 2. The van der Waals surface area contributed by atoms with Crippen LogP contribution in [-0.2, 0) is 17.8 Å². The van der Waals surface area contributed by atoms with Crippen LogP contribution >= 0.6 is 11.3 Å². The lowest BCUT2D eigenvalue weighted by atomic mass is 10.1. The standard InChI is InChI=1S/C26H32N4O2S/c1-19(2)32-24-10-5-4-9-23(24)28-25(31)16-22-18-33-26(27-22)21-8-6-7-20(15-21)17-30-13-11-29(3)12-14-30/h4-10,15,18-19H,11-14,16-17H2,1-3H3,(H,28,31). The van der Waals surface area contributed by atoms with Crippen LogP contribution in [0, 0.1) is 0 Å². The first-order chi connectivity index (χ1) is 16.0. The van der Waals surface area contributed by atoms with Crippen molar-refractivity contribution in [3.05, 3.63) is 65.2 Å². The number of carbonyl (C=O) groups excluding carboxylic acids is 1. The van der Waals surface area contributed by atoms with Crippen molar-refractivity contribution in [1.29, 1.82) is 0 Å². The van der Waals surface area contributed by atoms with Crippen LogP contribution in [0.5, 0.6) is 5.75 Å². The largest absolute Gasteiger partial charge is 0.489 e. The van der Waals surface area contributed by atoms with Gasteiger partial charge >= 0.3 is 0 Å². The molecule has 33 heavy (non-hydrogen) atoms. The van der Waals surface area contributed by atoms with E-state index in [1.807, 2.05) is 43.5 Å². The predicted molar refractivity (Wildman–Crippen MR) is 135 cm³/mol. The molecule has 3 aromatic rings. The van der Waals surface area contributed by atoms with Crippen LogP contribution in [0.3, 0.4) is 0 Å². The fourth-order valence-electron chi connectivity index (χ4n) is 3.87. The van der Waals surface area contributed by atoms with Gasteiger partial charge in [0, 0.05) is 43.7 Å². The summed E-state index contributed by atoms with van der Waals surface area (Å²) in [4.78, 5) is 22.3. The third-order valence-electron chi connectivity index (χ3n) is 5.59. The van der Waals surface area contributed by atoms with Crippen LogP contribution in [0.1, 0.15) is 25.1 Å². The zero-order valence-electron chi connectivity index (χ0n) is 19.6. The van der Waals surface area contributed by atoms with E-state index in [1.165, 1.54) is 5.56 Å². The number of para-hydroxylation sites is 2. The Morgan fingerprint density at radius 1 is 1.12 bits per heavy atom. The number of rotatable bonds is 8. The minimum atomic E-state index is -0.101. The molecule has 0 atom stereocenters. The van der Waals surface area contributed by atoms with Gasteiger partial charge in [0.05, 0.1) is 23.9 Å². The quantitative estimate of drug-likeness (QED) is 0.531. The van der Waals surface area contributed by atoms with Gasteiger partial charge in [-0.25, -0.2) is 4.98 Å². The Hall–Kier alpha value is -2.74. The summed E-state index contributed by atoms with van der Waals surface area (Å²) in [6.07, 6.45) is 0.268. The number of piperazine rings is 1. The number of nitrogens with one attached hydrogen (secondary N) is 1. The highest BCUT2D eigenvalue weighted by molar-refractivity contribution is 7.13. The first-order valence-corrected chi connectivity index (χ1v) is 12.3. The van der Waals surface area contributed by atoms with Gasteiger partial charge in [0.2, 0.25) is 5.91 Å². The molecule has 1 aromatic heterocycles. The summed E-state index contributed by atoms with van der Waals surface area (Å²) in [6, 6.07) is 16.1. The van der Waals surface area contributed by atoms with Crippen molar-refractivity contribution in [1.82, 2.24) is 14.8 Å². The van der Waals surface area contributed by atoms with Gasteiger partial charge in [-0.2, -0.15) is 0 Å². The van der Waals surface area contributed by atoms with Crippen molar-refractivity contribution in [3.63, 3.8) is 0 Å². The van der Waals surface area contributed by atoms with Gasteiger partial charge in [-0.3, -0.25) is 9.69 Å². The zero-order chi connectivity index (χ0) is 23.2. The summed E-state index contributed by atoms with van der Waals surface area (Å²) in [5.41, 5.74) is 3.87. The molecule has 0 unspecified atom stereocenters. The fraction of sp³-hybridized carbons (Fsp3) is 0.385. The summed E-state index contributed by atoms with van der Waals surface area (Å²) < 4.78 is 5.80. The van der Waals surface area contributed by atoms with Crippen molar-refractivity contribution < 1.29 is 9.53 Å². The average molecular weight is 465 g/mol. The van der Waals surface area contributed by atoms with Gasteiger partial charge in [0.15, 0.2) is 0 Å². The van der Waals surface area contributed by atoms with Crippen LogP contribution in [0.25, 0.3) is 10.6 Å². The number of amides is 1. The van der Waals surface area contributed by atoms with Crippen molar-refractivity contribution in [3.8, 4) is 16.3 Å². The number of thiazole rings is 1. The molecule has 1 N–H and O–H groups in total. The second kappa shape index (κ2) is 10.9. The molecular formula is C26H32N4O2S. The highest BCUT2D eigenvalue weighted by atomic mass is 32.1. The molecule has 2 aromatic carbocycles. The highest BCUT2D eigenvalue weighted by Crippen LogP contribution is 2.27. The van der Waals surface area contributed by atoms with E-state index in [-0.39, 0.29) is 18.4 Å². The normalized spacial score (nSPS) is 15.0. The maximum Gasteiger partial charge on any atom is 0.230 e. The minimum Gasteiger partial charge on any atom is -0.489 e. The summed E-state index contributed by atoms with van der Waals surface area (Å²) in [5, 5.41) is 5.88. The molecule has 0 radical (unpaired) electrons. The van der Waals surface area contributed by atoms with Crippen molar-refractivity contribution in [2.75, 3.05) is 38.5 Å². The average Bonchev–Trinajstić information content (AvgIpc) is 3.25. The number of carbonyl (C=O) groups is 1. The maximum absolute atomic E-state index is 12.7. The van der Waals surface area contributed by atoms with Crippen LogP contribution in [0.4, 0.5) is 5.69 Å². The molecule has 1 fully saturated rings. The van der Waals surface area contributed by atoms with Gasteiger partial charge in [0.25, 0.3) is 0 Å². The third kappa shape index (κ3) is 6.63. The second-order valence-electron chi connectivity index (χ2n) is 8.81. The number of ether oxygens (including phenoxy) is 1. The number of anilines is 1. The van der Waals surface area contributed by atoms with Crippen molar-refractivity contribution >= 4 is 22.9 Å². The zero-order valence-corrected chi connectivity index (χ0v) is 20.4. The van der Waals surface area contributed by atoms with E-state index in [0.29, 0.717) is 11.4 Å². The lowest BCUT2D eigenvalue weighted by molar-refractivity contribution is -0.115. The molecule has 0 saturated carbocycles. The van der Waals surface area contributed by atoms with Crippen molar-refractivity contribution in [2.24, 2.45) is 0 Å². The Labute approximate surface area is 200 Å². The number of hydrogen-bond acceptors (Lipinski definition) is 6. The second-order valence-corrected chi connectivity index (χ2v) is 9.67. The van der Waals surface area contributed by atoms with Crippen LogP contribution < -0.4 is 10.1 Å². The summed E-state index contributed by atoms with van der Waals surface area (Å²) in [6.45, 7) is 9.33. The molecule has 1 saturated heterocycles. The van der Waals surface area contributed by atoms with E-state index in [9.17, 15) is 4.79 Å². The Bertz CT molecular complexity index is 1070. The Kier molecular flexibility index (Phi) is 7.75. The monoisotopic (exact) mass is 464 g/mol. The summed E-state index contributed by atoms with van der Waals surface area (Å²) >= 11 is 1.58. The van der Waals surface area contributed by atoms with Crippen LogP contribution in [0.15, 0.2) is 53.9 Å². The molecule has 1 aliphatic heterocycles. The van der Waals surface area contributed by atoms with E-state index in [4.69, 9.17) is 9.72 Å². The first kappa shape index (κ1) is 23.4. The Morgan fingerprint density at radius 2 is 1.91 bits per heavy atom. The number of hydrogen-bond donors (Lipinski definition) is 1. The molecule has 4 rings (SSSR count). The molecular weight excluding hydrogens is 432 g/mol. The SMILES string of the molecule is CC(C)Oc1ccccc1NC(=O)Cc1csc(-c2cccc(CN3CCN(C)CC3)c2)n1. The van der Waals surface area contributed by atoms with E-state index < -0.39 is 0 Å². The minimum absolute atomic E-state index is 0.0381. The lowest BCUT2D eigenvalue weighted by Crippen LogP contribution is -2.43. The van der Waals surface area contributed by atoms with E-state index >= 15 is 0 Å². The highest BCUT2D eigenvalue weighted by Gasteiger charge is 2.15. The van der Waals surface area contributed by atoms with Crippen LogP contribution in [0.2, 0.25) is 0 Å². The molecule has 0 spiro atoms. The molecule has 1 aliphatic rings. The van der Waals surface area contributed by atoms with Gasteiger partial charge in [-0.1, -0.05) is 30.3 Å². The number of nitrogens with zero attached hydrogens (tertiary/aromatic N) is 3. The van der Waals surface area contributed by atoms with E-state index in [0.717, 1.165) is 49.0 Å². The molecule has 0 bridgehead atoms. The predicted octanol–water partition coefficient (Wildman–Crippen LogP) is 4.53. The summed E-state index contributed by atoms with van der Waals surface area (Å²) in [7, 11) is 2.18. The third-order valence-corrected chi connectivity index (χ3v) is 6.53. The van der Waals surface area contributed by atoms with Gasteiger partial charge in [-0.15, -0.1) is 11.3 Å². The van der Waals surface area contributed by atoms with Gasteiger partial charge < -0.3 is 15.0 Å². The molecule has 7 heteroatoms. The molecule has 2 heterocycles. The van der Waals surface area contributed by atoms with Crippen molar-refractivity contribution in [2.45, 2.75) is 32.9 Å². The smallest absolute Gasteiger partial charge is 0.230 e. The topological polar surface area (TPSA) is 57.7 Å². The molecule has 0 aliphatic carbocycles. The van der Waals surface area contributed by atoms with Gasteiger partial charge in [0.1, 0.15) is 10.8 Å². The maximum atomic E-state index is 12.7.